The van der Waals surface area contributed by atoms with Crippen LogP contribution in [0.25, 0.3) is 0 Å². The second-order valence-electron chi connectivity index (χ2n) is 4.57. The molecule has 2 amide bonds. The maximum absolute atomic E-state index is 11.9. The number of carbonyl (C=O) groups excluding carboxylic acids is 3. The summed E-state index contributed by atoms with van der Waals surface area (Å²) in [5.74, 6) is -1.35. The third-order valence-electron chi connectivity index (χ3n) is 2.96. The van der Waals surface area contributed by atoms with Gasteiger partial charge in [0.1, 0.15) is 6.04 Å². The van der Waals surface area contributed by atoms with Crippen LogP contribution in [0.3, 0.4) is 0 Å². The van der Waals surface area contributed by atoms with Crippen LogP contribution in [-0.2, 0) is 19.1 Å². The first-order chi connectivity index (χ1) is 9.97. The number of anilines is 1. The number of aromatic nitrogens is 1. The van der Waals surface area contributed by atoms with E-state index in [1.165, 1.54) is 13.1 Å². The van der Waals surface area contributed by atoms with Gasteiger partial charge in [-0.25, -0.2) is 9.78 Å². The highest BCUT2D eigenvalue weighted by atomic mass is 35.5. The van der Waals surface area contributed by atoms with Crippen molar-refractivity contribution in [1.82, 2.24) is 10.3 Å². The first-order valence-electron chi connectivity index (χ1n) is 6.38. The predicted octanol–water partition coefficient (Wildman–Crippen LogP) is 0.884. The number of rotatable bonds is 4. The van der Waals surface area contributed by atoms with Crippen molar-refractivity contribution in [2.45, 2.75) is 31.9 Å². The van der Waals surface area contributed by atoms with E-state index in [1.807, 2.05) is 0 Å². The van der Waals surface area contributed by atoms with Gasteiger partial charge in [-0.3, -0.25) is 9.59 Å². The lowest BCUT2D eigenvalue weighted by atomic mass is 10.2. The van der Waals surface area contributed by atoms with Crippen molar-refractivity contribution in [3.8, 4) is 0 Å². The van der Waals surface area contributed by atoms with Gasteiger partial charge in [-0.2, -0.15) is 0 Å². The first kappa shape index (κ1) is 15.2. The van der Waals surface area contributed by atoms with Crippen LogP contribution in [0.2, 0.25) is 5.15 Å². The molecule has 1 fully saturated rings. The second-order valence-corrected chi connectivity index (χ2v) is 4.93. The minimum absolute atomic E-state index is 0.146. The molecule has 0 bridgehead atoms. The number of nitrogens with zero attached hydrogens (tertiary/aromatic N) is 1. The Balaban J connectivity index is 1.89. The number of amides is 2. The maximum atomic E-state index is 11.9. The highest BCUT2D eigenvalue weighted by Crippen LogP contribution is 2.18. The lowest BCUT2D eigenvalue weighted by Crippen LogP contribution is -2.39. The highest BCUT2D eigenvalue weighted by Gasteiger charge is 2.30. The van der Waals surface area contributed by atoms with Gasteiger partial charge >= 0.3 is 5.97 Å². The van der Waals surface area contributed by atoms with Crippen LogP contribution in [0.4, 0.5) is 5.69 Å². The smallest absolute Gasteiger partial charge is 0.329 e. The van der Waals surface area contributed by atoms with Crippen LogP contribution in [0.5, 0.6) is 0 Å². The lowest BCUT2D eigenvalue weighted by molar-refractivity contribution is -0.155. The Labute approximate surface area is 126 Å². The standard InChI is InChI=1S/C13H14ClN3O4/c1-7(21-13(20)9-4-5-10(18)16-9)12(19)17-8-3-2-6-15-11(8)14/h2-3,6-7,9H,4-5H2,1H3,(H,16,18)(H,17,19)/t7-,9-/m0/s1. The zero-order valence-corrected chi connectivity index (χ0v) is 12.0. The molecular formula is C13H14ClN3O4. The fourth-order valence-corrected chi connectivity index (χ4v) is 1.98. The van der Waals surface area contributed by atoms with Crippen LogP contribution in [0.15, 0.2) is 18.3 Å². The molecule has 0 spiro atoms. The maximum Gasteiger partial charge on any atom is 0.329 e. The van der Waals surface area contributed by atoms with E-state index in [2.05, 4.69) is 15.6 Å². The van der Waals surface area contributed by atoms with Gasteiger partial charge in [0.25, 0.3) is 5.91 Å². The van der Waals surface area contributed by atoms with Gasteiger partial charge in [-0.1, -0.05) is 11.6 Å². The minimum atomic E-state index is -1.01. The lowest BCUT2D eigenvalue weighted by Gasteiger charge is -2.16. The summed E-state index contributed by atoms with van der Waals surface area (Å²) in [6, 6.07) is 2.51. The van der Waals surface area contributed by atoms with E-state index in [0.717, 1.165) is 0 Å². The number of esters is 1. The van der Waals surface area contributed by atoms with Crippen molar-refractivity contribution in [2.75, 3.05) is 5.32 Å². The quantitative estimate of drug-likeness (QED) is 0.635. The number of halogens is 1. The molecule has 1 saturated heterocycles. The van der Waals surface area contributed by atoms with Crippen molar-refractivity contribution >= 4 is 35.1 Å². The molecule has 0 unspecified atom stereocenters. The summed E-state index contributed by atoms with van der Waals surface area (Å²) >= 11 is 5.82. The molecule has 0 aliphatic carbocycles. The Morgan fingerprint density at radius 2 is 2.33 bits per heavy atom. The van der Waals surface area contributed by atoms with Gasteiger partial charge in [0, 0.05) is 12.6 Å². The molecule has 2 heterocycles. The molecule has 21 heavy (non-hydrogen) atoms. The van der Waals surface area contributed by atoms with Gasteiger partial charge in [0.15, 0.2) is 11.3 Å². The summed E-state index contributed by atoms with van der Waals surface area (Å²) in [5, 5.41) is 5.14. The zero-order chi connectivity index (χ0) is 15.4. The Bertz CT molecular complexity index is 578. The Kier molecular flexibility index (Phi) is 4.74. The van der Waals surface area contributed by atoms with E-state index >= 15 is 0 Å². The van der Waals surface area contributed by atoms with Gasteiger partial charge in [-0.15, -0.1) is 0 Å². The molecule has 2 atom stereocenters. The summed E-state index contributed by atoms with van der Waals surface area (Å²) in [5.41, 5.74) is 0.334. The molecule has 1 aromatic rings. The molecule has 1 aromatic heterocycles. The Morgan fingerprint density at radius 1 is 1.57 bits per heavy atom. The topological polar surface area (TPSA) is 97.4 Å². The SMILES string of the molecule is C[C@H](OC(=O)[C@@H]1CCC(=O)N1)C(=O)Nc1cccnc1Cl. The minimum Gasteiger partial charge on any atom is -0.451 e. The van der Waals surface area contributed by atoms with Crippen LogP contribution < -0.4 is 10.6 Å². The monoisotopic (exact) mass is 311 g/mol. The van der Waals surface area contributed by atoms with Gasteiger partial charge < -0.3 is 15.4 Å². The van der Waals surface area contributed by atoms with E-state index in [9.17, 15) is 14.4 Å². The number of ether oxygens (including phenoxy) is 1. The second kappa shape index (κ2) is 6.53. The molecule has 0 saturated carbocycles. The van der Waals surface area contributed by atoms with E-state index in [1.54, 1.807) is 12.1 Å². The van der Waals surface area contributed by atoms with Crippen LogP contribution >= 0.6 is 11.6 Å². The fourth-order valence-electron chi connectivity index (χ4n) is 1.81. The average Bonchev–Trinajstić information content (AvgIpc) is 2.88. The number of carbonyl (C=O) groups is 3. The normalized spacial score (nSPS) is 18.8. The van der Waals surface area contributed by atoms with Crippen molar-refractivity contribution in [3.05, 3.63) is 23.5 Å². The van der Waals surface area contributed by atoms with Crippen LogP contribution in [-0.4, -0.2) is 34.9 Å². The summed E-state index contributed by atoms with van der Waals surface area (Å²) < 4.78 is 5.03. The third kappa shape index (κ3) is 3.91. The molecule has 0 aromatic carbocycles. The van der Waals surface area contributed by atoms with E-state index < -0.39 is 24.0 Å². The number of nitrogens with one attached hydrogen (secondary N) is 2. The Morgan fingerprint density at radius 3 is 2.95 bits per heavy atom. The van der Waals surface area contributed by atoms with Crippen molar-refractivity contribution < 1.29 is 19.1 Å². The van der Waals surface area contributed by atoms with Crippen molar-refractivity contribution in [2.24, 2.45) is 0 Å². The molecule has 2 N–H and O–H groups in total. The summed E-state index contributed by atoms with van der Waals surface area (Å²) in [6.07, 6.45) is 1.14. The highest BCUT2D eigenvalue weighted by molar-refractivity contribution is 6.32. The van der Waals surface area contributed by atoms with E-state index in [4.69, 9.17) is 16.3 Å². The molecule has 112 valence electrons. The first-order valence-corrected chi connectivity index (χ1v) is 6.76. The third-order valence-corrected chi connectivity index (χ3v) is 3.26. The summed E-state index contributed by atoms with van der Waals surface area (Å²) in [4.78, 5) is 38.5. The molecule has 2 rings (SSSR count). The number of pyridine rings is 1. The van der Waals surface area contributed by atoms with E-state index in [-0.39, 0.29) is 17.5 Å². The average molecular weight is 312 g/mol. The van der Waals surface area contributed by atoms with Gasteiger partial charge in [0.05, 0.1) is 5.69 Å². The summed E-state index contributed by atoms with van der Waals surface area (Å²) in [7, 11) is 0. The van der Waals surface area contributed by atoms with Crippen LogP contribution in [0.1, 0.15) is 19.8 Å². The molecule has 0 radical (unpaired) electrons. The molecule has 1 aliphatic rings. The molecule has 8 heteroatoms. The van der Waals surface area contributed by atoms with Crippen LogP contribution in [0, 0.1) is 0 Å². The number of hydrogen-bond acceptors (Lipinski definition) is 5. The summed E-state index contributed by atoms with van der Waals surface area (Å²) in [6.45, 7) is 1.44. The fraction of sp³-hybridized carbons (Fsp3) is 0.385. The van der Waals surface area contributed by atoms with E-state index in [0.29, 0.717) is 12.1 Å². The van der Waals surface area contributed by atoms with Crippen molar-refractivity contribution in [1.29, 1.82) is 0 Å². The van der Waals surface area contributed by atoms with Gasteiger partial charge in [-0.05, 0) is 25.5 Å². The molecule has 7 nitrogen and oxygen atoms in total. The molecule has 1 aliphatic heterocycles. The zero-order valence-electron chi connectivity index (χ0n) is 11.3. The Hall–Kier alpha value is -2.15. The number of hydrogen-bond donors (Lipinski definition) is 2. The van der Waals surface area contributed by atoms with Gasteiger partial charge in [0.2, 0.25) is 5.91 Å². The van der Waals surface area contributed by atoms with Crippen molar-refractivity contribution in [3.63, 3.8) is 0 Å². The molecular weight excluding hydrogens is 298 g/mol. The predicted molar refractivity (Wildman–Crippen MR) is 74.6 cm³/mol. The largest absolute Gasteiger partial charge is 0.451 e.